The molecule has 0 fully saturated rings. The zero-order valence-electron chi connectivity index (χ0n) is 18.9. The summed E-state index contributed by atoms with van der Waals surface area (Å²) in [6, 6.07) is 21.5. The van der Waals surface area contributed by atoms with Crippen LogP contribution in [0.2, 0.25) is 0 Å². The molecule has 0 spiro atoms. The van der Waals surface area contributed by atoms with Crippen LogP contribution in [0.4, 0.5) is 5.69 Å². The summed E-state index contributed by atoms with van der Waals surface area (Å²) in [7, 11) is 1.56. The molecule has 2 N–H and O–H groups in total. The van der Waals surface area contributed by atoms with Gasteiger partial charge in [-0.05, 0) is 54.4 Å². The number of anilines is 1. The summed E-state index contributed by atoms with van der Waals surface area (Å²) in [6.45, 7) is 4.94. The molecule has 3 aromatic carbocycles. The van der Waals surface area contributed by atoms with E-state index in [4.69, 9.17) is 4.74 Å². The minimum atomic E-state index is -0.182. The second kappa shape index (κ2) is 11.3. The number of benzene rings is 3. The SMILES string of the molecule is CCCN(CC(=O)Nc1ccccc1OC)CC(=O)NC(C)c1ccc2ccccc2c1. The molecule has 1 atom stereocenters. The van der Waals surface area contributed by atoms with Gasteiger partial charge in [0.05, 0.1) is 31.9 Å². The first-order valence-electron chi connectivity index (χ1n) is 10.9. The molecule has 0 aliphatic heterocycles. The van der Waals surface area contributed by atoms with E-state index in [9.17, 15) is 9.59 Å². The number of rotatable bonds is 10. The lowest BCUT2D eigenvalue weighted by molar-refractivity contribution is -0.124. The number of para-hydroxylation sites is 2. The Morgan fingerprint density at radius 2 is 1.62 bits per heavy atom. The third-order valence-electron chi connectivity index (χ3n) is 5.31. The molecule has 2 amide bonds. The maximum absolute atomic E-state index is 12.7. The number of methoxy groups -OCH3 is 1. The van der Waals surface area contributed by atoms with Crippen LogP contribution in [0.1, 0.15) is 31.9 Å². The lowest BCUT2D eigenvalue weighted by Crippen LogP contribution is -2.42. The average Bonchev–Trinajstić information content (AvgIpc) is 2.79. The predicted octanol–water partition coefficient (Wildman–Crippen LogP) is 4.38. The van der Waals surface area contributed by atoms with Gasteiger partial charge in [-0.25, -0.2) is 0 Å². The van der Waals surface area contributed by atoms with E-state index in [-0.39, 0.29) is 30.9 Å². The highest BCUT2D eigenvalue weighted by molar-refractivity contribution is 5.94. The molecule has 0 aliphatic rings. The van der Waals surface area contributed by atoms with E-state index in [0.717, 1.165) is 17.4 Å². The average molecular weight is 434 g/mol. The van der Waals surface area contributed by atoms with Gasteiger partial charge in [0.2, 0.25) is 11.8 Å². The molecule has 0 aliphatic carbocycles. The Morgan fingerprint density at radius 3 is 2.38 bits per heavy atom. The van der Waals surface area contributed by atoms with Gasteiger partial charge >= 0.3 is 0 Å². The molecule has 0 saturated heterocycles. The maximum atomic E-state index is 12.7. The molecule has 0 saturated carbocycles. The van der Waals surface area contributed by atoms with Crippen molar-refractivity contribution in [3.05, 3.63) is 72.3 Å². The lowest BCUT2D eigenvalue weighted by Gasteiger charge is -2.22. The normalized spacial score (nSPS) is 11.9. The van der Waals surface area contributed by atoms with Crippen molar-refractivity contribution in [2.75, 3.05) is 32.1 Å². The standard InChI is InChI=1S/C26H31N3O3/c1-4-15-29(18-26(31)28-23-11-7-8-12-24(23)32-3)17-25(30)27-19(2)21-14-13-20-9-5-6-10-22(20)16-21/h5-14,16,19H,4,15,17-18H2,1-3H3,(H,27,30)(H,28,31). The summed E-state index contributed by atoms with van der Waals surface area (Å²) in [5.74, 6) is 0.312. The van der Waals surface area contributed by atoms with Crippen LogP contribution in [-0.4, -0.2) is 43.5 Å². The Bertz CT molecular complexity index is 1070. The fourth-order valence-corrected chi connectivity index (χ4v) is 3.72. The first kappa shape index (κ1) is 23.3. The molecule has 1 unspecified atom stereocenters. The van der Waals surface area contributed by atoms with E-state index in [0.29, 0.717) is 18.0 Å². The number of hydrogen-bond acceptors (Lipinski definition) is 4. The van der Waals surface area contributed by atoms with Crippen LogP contribution in [0.15, 0.2) is 66.7 Å². The number of carbonyl (C=O) groups is 2. The fourth-order valence-electron chi connectivity index (χ4n) is 3.72. The molecule has 32 heavy (non-hydrogen) atoms. The van der Waals surface area contributed by atoms with Crippen LogP contribution in [0, 0.1) is 0 Å². The number of fused-ring (bicyclic) bond motifs is 1. The van der Waals surface area contributed by atoms with Gasteiger partial charge in [-0.3, -0.25) is 14.5 Å². The molecule has 0 heterocycles. The molecule has 3 rings (SSSR count). The van der Waals surface area contributed by atoms with E-state index in [1.54, 1.807) is 19.2 Å². The number of nitrogens with one attached hydrogen (secondary N) is 2. The molecular formula is C26H31N3O3. The van der Waals surface area contributed by atoms with Crippen LogP contribution < -0.4 is 15.4 Å². The third-order valence-corrected chi connectivity index (χ3v) is 5.31. The van der Waals surface area contributed by atoms with E-state index in [1.807, 2.05) is 49.1 Å². The van der Waals surface area contributed by atoms with Gasteiger partial charge in [0.1, 0.15) is 5.75 Å². The summed E-state index contributed by atoms with van der Waals surface area (Å²) < 4.78 is 5.28. The second-order valence-corrected chi connectivity index (χ2v) is 7.85. The first-order valence-corrected chi connectivity index (χ1v) is 10.9. The monoisotopic (exact) mass is 433 g/mol. The number of hydrogen-bond donors (Lipinski definition) is 2. The topological polar surface area (TPSA) is 70.7 Å². The molecule has 0 aromatic heterocycles. The van der Waals surface area contributed by atoms with Crippen molar-refractivity contribution in [2.45, 2.75) is 26.3 Å². The van der Waals surface area contributed by atoms with Crippen molar-refractivity contribution in [2.24, 2.45) is 0 Å². The van der Waals surface area contributed by atoms with Crippen LogP contribution in [0.5, 0.6) is 5.75 Å². The van der Waals surface area contributed by atoms with Gasteiger partial charge < -0.3 is 15.4 Å². The lowest BCUT2D eigenvalue weighted by atomic mass is 10.0. The number of nitrogens with zero attached hydrogens (tertiary/aromatic N) is 1. The van der Waals surface area contributed by atoms with Crippen molar-refractivity contribution >= 4 is 28.3 Å². The van der Waals surface area contributed by atoms with E-state index in [1.165, 1.54) is 5.39 Å². The molecule has 6 nitrogen and oxygen atoms in total. The van der Waals surface area contributed by atoms with E-state index in [2.05, 4.69) is 34.9 Å². The van der Waals surface area contributed by atoms with Crippen molar-refractivity contribution in [3.8, 4) is 5.75 Å². The van der Waals surface area contributed by atoms with Gasteiger partial charge in [0.15, 0.2) is 0 Å². The predicted molar refractivity (Wildman–Crippen MR) is 129 cm³/mol. The van der Waals surface area contributed by atoms with Crippen LogP contribution >= 0.6 is 0 Å². The van der Waals surface area contributed by atoms with Crippen LogP contribution in [0.3, 0.4) is 0 Å². The summed E-state index contributed by atoms with van der Waals surface area (Å²) in [4.78, 5) is 27.1. The quantitative estimate of drug-likeness (QED) is 0.498. The molecule has 3 aromatic rings. The highest BCUT2D eigenvalue weighted by atomic mass is 16.5. The van der Waals surface area contributed by atoms with Crippen molar-refractivity contribution in [3.63, 3.8) is 0 Å². The van der Waals surface area contributed by atoms with Crippen molar-refractivity contribution < 1.29 is 14.3 Å². The molecule has 6 heteroatoms. The Morgan fingerprint density at radius 1 is 0.938 bits per heavy atom. The Labute approximate surface area is 189 Å². The van der Waals surface area contributed by atoms with Gasteiger partial charge in [-0.2, -0.15) is 0 Å². The van der Waals surface area contributed by atoms with Crippen LogP contribution in [-0.2, 0) is 9.59 Å². The molecule has 0 bridgehead atoms. The zero-order chi connectivity index (χ0) is 22.9. The maximum Gasteiger partial charge on any atom is 0.238 e. The number of amides is 2. The Kier molecular flexibility index (Phi) is 8.22. The summed E-state index contributed by atoms with van der Waals surface area (Å²) in [6.07, 6.45) is 0.843. The summed E-state index contributed by atoms with van der Waals surface area (Å²) in [5, 5.41) is 8.24. The highest BCUT2D eigenvalue weighted by Crippen LogP contribution is 2.23. The largest absolute Gasteiger partial charge is 0.495 e. The van der Waals surface area contributed by atoms with Gasteiger partial charge in [0, 0.05) is 0 Å². The van der Waals surface area contributed by atoms with Crippen molar-refractivity contribution in [1.82, 2.24) is 10.2 Å². The van der Waals surface area contributed by atoms with Crippen LogP contribution in [0.25, 0.3) is 10.8 Å². The van der Waals surface area contributed by atoms with Crippen molar-refractivity contribution in [1.29, 1.82) is 0 Å². The fraction of sp³-hybridized carbons (Fsp3) is 0.308. The Balaban J connectivity index is 1.58. The zero-order valence-corrected chi connectivity index (χ0v) is 18.9. The van der Waals surface area contributed by atoms with Gasteiger partial charge in [-0.1, -0.05) is 55.5 Å². The molecule has 168 valence electrons. The van der Waals surface area contributed by atoms with E-state index >= 15 is 0 Å². The van der Waals surface area contributed by atoms with Gasteiger partial charge in [0.25, 0.3) is 0 Å². The minimum absolute atomic E-state index is 0.107. The number of ether oxygens (including phenoxy) is 1. The summed E-state index contributed by atoms with van der Waals surface area (Å²) >= 11 is 0. The minimum Gasteiger partial charge on any atom is -0.495 e. The van der Waals surface area contributed by atoms with Gasteiger partial charge in [-0.15, -0.1) is 0 Å². The second-order valence-electron chi connectivity index (χ2n) is 7.85. The van der Waals surface area contributed by atoms with E-state index < -0.39 is 0 Å². The smallest absolute Gasteiger partial charge is 0.238 e. The number of carbonyl (C=O) groups excluding carboxylic acids is 2. The molecular weight excluding hydrogens is 402 g/mol. The third kappa shape index (κ3) is 6.31. The Hall–Kier alpha value is -3.38. The molecule has 0 radical (unpaired) electrons. The highest BCUT2D eigenvalue weighted by Gasteiger charge is 2.17. The first-order chi connectivity index (χ1) is 15.5. The summed E-state index contributed by atoms with van der Waals surface area (Å²) in [5.41, 5.74) is 1.67.